The van der Waals surface area contributed by atoms with E-state index < -0.39 is 0 Å². The van der Waals surface area contributed by atoms with Crippen molar-refractivity contribution in [2.75, 3.05) is 14.2 Å². The molecule has 26 heavy (non-hydrogen) atoms. The van der Waals surface area contributed by atoms with Gasteiger partial charge in [-0.2, -0.15) is 5.10 Å². The fourth-order valence-corrected chi connectivity index (χ4v) is 2.45. The van der Waals surface area contributed by atoms with Crippen LogP contribution in [0.15, 0.2) is 47.6 Å². The number of carbonyl (C=O) groups excluding carboxylic acids is 1. The number of rotatable bonds is 6. The van der Waals surface area contributed by atoms with Crippen molar-refractivity contribution in [3.05, 3.63) is 59.2 Å². The molecular weight excluding hydrogens is 328 g/mol. The summed E-state index contributed by atoms with van der Waals surface area (Å²) in [5.74, 6) is 1.15. The van der Waals surface area contributed by atoms with Gasteiger partial charge >= 0.3 is 0 Å². The molecule has 0 aliphatic carbocycles. The Labute approximate surface area is 155 Å². The predicted molar refractivity (Wildman–Crippen MR) is 104 cm³/mol. The number of benzene rings is 2. The van der Waals surface area contributed by atoms with Crippen molar-refractivity contribution in [2.45, 2.75) is 32.6 Å². The first-order valence-corrected chi connectivity index (χ1v) is 8.47. The van der Waals surface area contributed by atoms with E-state index >= 15 is 0 Å². The van der Waals surface area contributed by atoms with Crippen LogP contribution in [0.4, 0.5) is 0 Å². The Hall–Kier alpha value is -2.82. The summed E-state index contributed by atoms with van der Waals surface area (Å²) in [4.78, 5) is 12.1. The van der Waals surface area contributed by atoms with Crippen LogP contribution < -0.4 is 14.9 Å². The molecule has 0 radical (unpaired) electrons. The first-order chi connectivity index (χ1) is 12.3. The van der Waals surface area contributed by atoms with Crippen molar-refractivity contribution < 1.29 is 14.3 Å². The Morgan fingerprint density at radius 2 is 1.77 bits per heavy atom. The minimum Gasteiger partial charge on any atom is -0.497 e. The Morgan fingerprint density at radius 1 is 1.08 bits per heavy atom. The first-order valence-electron chi connectivity index (χ1n) is 8.47. The third-order valence-electron chi connectivity index (χ3n) is 4.02. The number of nitrogens with one attached hydrogen (secondary N) is 1. The summed E-state index contributed by atoms with van der Waals surface area (Å²) in [5, 5.41) is 4.01. The third kappa shape index (κ3) is 5.34. The van der Waals surface area contributed by atoms with Crippen LogP contribution in [-0.4, -0.2) is 26.3 Å². The largest absolute Gasteiger partial charge is 0.497 e. The van der Waals surface area contributed by atoms with Crippen LogP contribution in [0.2, 0.25) is 0 Å². The summed E-state index contributed by atoms with van der Waals surface area (Å²) < 4.78 is 10.5. The third-order valence-corrected chi connectivity index (χ3v) is 4.02. The minimum absolute atomic E-state index is 0.0997. The van der Waals surface area contributed by atoms with Gasteiger partial charge in [0.05, 0.1) is 26.9 Å². The maximum Gasteiger partial charge on any atom is 0.244 e. The fourth-order valence-electron chi connectivity index (χ4n) is 2.45. The standard InChI is InChI=1S/C21H26N2O3/c1-21(2,3)17-9-6-15(7-10-17)12-20(24)23-22-14-16-8-11-18(25-4)13-19(16)26-5/h6-11,13-14H,12H2,1-5H3,(H,23,24)/b22-14-. The maximum atomic E-state index is 12.1. The van der Waals surface area contributed by atoms with Crippen LogP contribution in [0.25, 0.3) is 0 Å². The van der Waals surface area contributed by atoms with E-state index in [2.05, 4.69) is 43.4 Å². The van der Waals surface area contributed by atoms with Gasteiger partial charge in [-0.05, 0) is 28.7 Å². The Morgan fingerprint density at radius 3 is 2.35 bits per heavy atom. The average molecular weight is 354 g/mol. The van der Waals surface area contributed by atoms with Crippen LogP contribution in [0, 0.1) is 0 Å². The van der Waals surface area contributed by atoms with E-state index in [1.165, 1.54) is 5.56 Å². The molecule has 0 spiro atoms. The molecular formula is C21H26N2O3. The number of ether oxygens (including phenoxy) is 2. The lowest BCUT2D eigenvalue weighted by atomic mass is 9.86. The molecule has 0 atom stereocenters. The molecule has 2 aromatic rings. The van der Waals surface area contributed by atoms with Crippen molar-refractivity contribution in [1.82, 2.24) is 5.43 Å². The number of hydrazone groups is 1. The van der Waals surface area contributed by atoms with Gasteiger partial charge in [0.1, 0.15) is 11.5 Å². The molecule has 0 heterocycles. The molecule has 0 bridgehead atoms. The lowest BCUT2D eigenvalue weighted by Crippen LogP contribution is -2.20. The van der Waals surface area contributed by atoms with Crippen LogP contribution in [0.5, 0.6) is 11.5 Å². The predicted octanol–water partition coefficient (Wildman–Crippen LogP) is 3.69. The van der Waals surface area contributed by atoms with Gasteiger partial charge in [-0.15, -0.1) is 0 Å². The molecule has 0 aliphatic rings. The summed E-state index contributed by atoms with van der Waals surface area (Å²) in [7, 11) is 3.17. The van der Waals surface area contributed by atoms with E-state index in [-0.39, 0.29) is 17.7 Å². The van der Waals surface area contributed by atoms with Gasteiger partial charge in [0.25, 0.3) is 0 Å². The van der Waals surface area contributed by atoms with Gasteiger partial charge in [-0.3, -0.25) is 4.79 Å². The molecule has 2 aromatic carbocycles. The van der Waals surface area contributed by atoms with Crippen LogP contribution >= 0.6 is 0 Å². The monoisotopic (exact) mass is 354 g/mol. The van der Waals surface area contributed by atoms with E-state index in [4.69, 9.17) is 9.47 Å². The quantitative estimate of drug-likeness (QED) is 0.636. The Bertz CT molecular complexity index is 775. The first kappa shape index (κ1) is 19.5. The number of methoxy groups -OCH3 is 2. The molecule has 5 nitrogen and oxygen atoms in total. The van der Waals surface area contributed by atoms with Crippen molar-refractivity contribution >= 4 is 12.1 Å². The number of hydrogen-bond acceptors (Lipinski definition) is 4. The van der Waals surface area contributed by atoms with Gasteiger partial charge in [-0.1, -0.05) is 45.0 Å². The highest BCUT2D eigenvalue weighted by Crippen LogP contribution is 2.23. The van der Waals surface area contributed by atoms with E-state index in [1.54, 1.807) is 26.5 Å². The van der Waals surface area contributed by atoms with Gasteiger partial charge < -0.3 is 9.47 Å². The van der Waals surface area contributed by atoms with E-state index in [9.17, 15) is 4.79 Å². The molecule has 0 saturated heterocycles. The Kier molecular flexibility index (Phi) is 6.39. The topological polar surface area (TPSA) is 59.9 Å². The fraction of sp³-hybridized carbons (Fsp3) is 0.333. The van der Waals surface area contributed by atoms with Gasteiger partial charge in [0.15, 0.2) is 0 Å². The lowest BCUT2D eigenvalue weighted by Gasteiger charge is -2.19. The lowest BCUT2D eigenvalue weighted by molar-refractivity contribution is -0.120. The van der Waals surface area contributed by atoms with Crippen molar-refractivity contribution in [2.24, 2.45) is 5.10 Å². The van der Waals surface area contributed by atoms with Gasteiger partial charge in [-0.25, -0.2) is 5.43 Å². The maximum absolute atomic E-state index is 12.1. The molecule has 0 unspecified atom stereocenters. The smallest absolute Gasteiger partial charge is 0.244 e. The summed E-state index contributed by atoms with van der Waals surface area (Å²) in [6.07, 6.45) is 1.83. The summed E-state index contributed by atoms with van der Waals surface area (Å²) in [6.45, 7) is 6.49. The normalized spacial score (nSPS) is 11.4. The second-order valence-electron chi connectivity index (χ2n) is 7.02. The molecule has 1 amide bonds. The summed E-state index contributed by atoms with van der Waals surface area (Å²) in [6, 6.07) is 13.5. The molecule has 5 heteroatoms. The number of carbonyl (C=O) groups is 1. The van der Waals surface area contributed by atoms with E-state index in [1.807, 2.05) is 24.3 Å². The van der Waals surface area contributed by atoms with Gasteiger partial charge in [0.2, 0.25) is 5.91 Å². The zero-order chi connectivity index (χ0) is 19.2. The molecule has 0 saturated carbocycles. The van der Waals surface area contributed by atoms with Crippen LogP contribution in [-0.2, 0) is 16.6 Å². The average Bonchev–Trinajstić information content (AvgIpc) is 2.61. The summed E-state index contributed by atoms with van der Waals surface area (Å²) in [5.41, 5.74) is 5.59. The van der Waals surface area contributed by atoms with E-state index in [0.29, 0.717) is 11.5 Å². The van der Waals surface area contributed by atoms with Gasteiger partial charge in [0, 0.05) is 11.6 Å². The molecule has 0 fully saturated rings. The SMILES string of the molecule is COc1ccc(/C=N\NC(=O)Cc2ccc(C(C)(C)C)cc2)c(OC)c1. The van der Waals surface area contributed by atoms with Crippen molar-refractivity contribution in [1.29, 1.82) is 0 Å². The zero-order valence-electron chi connectivity index (χ0n) is 16.0. The highest BCUT2D eigenvalue weighted by Gasteiger charge is 2.13. The molecule has 2 rings (SSSR count). The number of amides is 1. The van der Waals surface area contributed by atoms with E-state index in [0.717, 1.165) is 11.1 Å². The number of nitrogens with zero attached hydrogens (tertiary/aromatic N) is 1. The second-order valence-corrected chi connectivity index (χ2v) is 7.02. The minimum atomic E-state index is -0.169. The summed E-state index contributed by atoms with van der Waals surface area (Å²) >= 11 is 0. The number of hydrogen-bond donors (Lipinski definition) is 1. The molecule has 138 valence electrons. The highest BCUT2D eigenvalue weighted by molar-refractivity contribution is 5.86. The molecule has 0 aromatic heterocycles. The molecule has 1 N–H and O–H groups in total. The van der Waals surface area contributed by atoms with Crippen LogP contribution in [0.3, 0.4) is 0 Å². The zero-order valence-corrected chi connectivity index (χ0v) is 16.0. The second kappa shape index (κ2) is 8.52. The van der Waals surface area contributed by atoms with Crippen LogP contribution in [0.1, 0.15) is 37.5 Å². The van der Waals surface area contributed by atoms with Crippen molar-refractivity contribution in [3.8, 4) is 11.5 Å². The molecule has 0 aliphatic heterocycles. The van der Waals surface area contributed by atoms with Crippen molar-refractivity contribution in [3.63, 3.8) is 0 Å². The Balaban J connectivity index is 1.95. The highest BCUT2D eigenvalue weighted by atomic mass is 16.5.